The van der Waals surface area contributed by atoms with Crippen LogP contribution in [0.5, 0.6) is 0 Å². The summed E-state index contributed by atoms with van der Waals surface area (Å²) < 4.78 is 18.8. The zero-order valence-electron chi connectivity index (χ0n) is 11.9. The summed E-state index contributed by atoms with van der Waals surface area (Å²) in [4.78, 5) is 13.5. The maximum absolute atomic E-state index is 13.9. The molecule has 19 heavy (non-hydrogen) atoms. The molecule has 5 heteroatoms. The Morgan fingerprint density at radius 3 is 2.63 bits per heavy atom. The molecule has 0 aromatic heterocycles. The average molecular weight is 268 g/mol. The van der Waals surface area contributed by atoms with Crippen LogP contribution in [0, 0.1) is 11.7 Å². The predicted molar refractivity (Wildman–Crippen MR) is 74.9 cm³/mol. The summed E-state index contributed by atoms with van der Waals surface area (Å²) >= 11 is 0. The molecule has 2 N–H and O–H groups in total. The van der Waals surface area contributed by atoms with Crippen LogP contribution >= 0.6 is 0 Å². The van der Waals surface area contributed by atoms with Gasteiger partial charge in [0.1, 0.15) is 5.82 Å². The monoisotopic (exact) mass is 268 g/mol. The van der Waals surface area contributed by atoms with Crippen LogP contribution in [0.4, 0.5) is 15.8 Å². The van der Waals surface area contributed by atoms with Crippen LogP contribution < -0.4 is 10.6 Å². The van der Waals surface area contributed by atoms with E-state index >= 15 is 0 Å². The van der Waals surface area contributed by atoms with Gasteiger partial charge in [-0.2, -0.15) is 0 Å². The number of nitrogen functional groups attached to an aromatic ring is 1. The highest BCUT2D eigenvalue weighted by Crippen LogP contribution is 2.26. The lowest BCUT2D eigenvalue weighted by Crippen LogP contribution is -2.24. The number of nitrogens with zero attached hydrogens (tertiary/aromatic N) is 1. The summed E-state index contributed by atoms with van der Waals surface area (Å²) in [5.41, 5.74) is 6.31. The fraction of sp³-hybridized carbons (Fsp3) is 0.500. The van der Waals surface area contributed by atoms with Crippen molar-refractivity contribution in [3.63, 3.8) is 0 Å². The Bertz CT molecular complexity index is 461. The number of esters is 1. The lowest BCUT2D eigenvalue weighted by Gasteiger charge is -2.23. The van der Waals surface area contributed by atoms with E-state index in [2.05, 4.69) is 0 Å². The van der Waals surface area contributed by atoms with Crippen LogP contribution in [0.2, 0.25) is 0 Å². The summed E-state index contributed by atoms with van der Waals surface area (Å²) in [6.45, 7) is 6.73. The summed E-state index contributed by atoms with van der Waals surface area (Å²) in [6, 6.07) is 2.61. The quantitative estimate of drug-likeness (QED) is 0.659. The number of benzene rings is 1. The second-order valence-electron chi connectivity index (χ2n) is 4.89. The van der Waals surface area contributed by atoms with E-state index in [-0.39, 0.29) is 17.9 Å². The van der Waals surface area contributed by atoms with Gasteiger partial charge in [0.2, 0.25) is 0 Å². The molecular weight excluding hydrogens is 247 g/mol. The Morgan fingerprint density at radius 1 is 1.47 bits per heavy atom. The van der Waals surface area contributed by atoms with Crippen molar-refractivity contribution in [2.24, 2.45) is 5.92 Å². The molecule has 0 aliphatic heterocycles. The molecule has 1 aromatic carbocycles. The van der Waals surface area contributed by atoms with Gasteiger partial charge in [-0.05, 0) is 25.0 Å². The van der Waals surface area contributed by atoms with E-state index in [9.17, 15) is 9.18 Å². The Morgan fingerprint density at radius 2 is 2.11 bits per heavy atom. The SMILES string of the molecule is CCOC(=O)c1cc(N(C)CC(C)C)c(F)cc1N. The first-order valence-corrected chi connectivity index (χ1v) is 6.34. The van der Waals surface area contributed by atoms with Crippen LogP contribution in [0.3, 0.4) is 0 Å². The number of ether oxygens (including phenoxy) is 1. The number of hydrogen-bond donors (Lipinski definition) is 1. The van der Waals surface area contributed by atoms with Gasteiger partial charge in [0, 0.05) is 19.3 Å². The van der Waals surface area contributed by atoms with Crippen molar-refractivity contribution in [2.45, 2.75) is 20.8 Å². The number of rotatable bonds is 5. The second-order valence-corrected chi connectivity index (χ2v) is 4.89. The van der Waals surface area contributed by atoms with Crippen molar-refractivity contribution in [3.8, 4) is 0 Å². The first-order chi connectivity index (χ1) is 8.86. The normalized spacial score (nSPS) is 10.6. The third-order valence-corrected chi connectivity index (χ3v) is 2.66. The smallest absolute Gasteiger partial charge is 0.340 e. The van der Waals surface area contributed by atoms with Gasteiger partial charge in [-0.25, -0.2) is 9.18 Å². The Balaban J connectivity index is 3.12. The fourth-order valence-corrected chi connectivity index (χ4v) is 1.90. The lowest BCUT2D eigenvalue weighted by molar-refractivity contribution is 0.0527. The van der Waals surface area contributed by atoms with E-state index in [0.717, 1.165) is 0 Å². The number of carbonyl (C=O) groups is 1. The van der Waals surface area contributed by atoms with Crippen molar-refractivity contribution < 1.29 is 13.9 Å². The van der Waals surface area contributed by atoms with E-state index in [1.807, 2.05) is 13.8 Å². The molecule has 0 atom stereocenters. The van der Waals surface area contributed by atoms with Crippen LogP contribution in [-0.4, -0.2) is 26.2 Å². The van der Waals surface area contributed by atoms with Crippen molar-refractivity contribution in [3.05, 3.63) is 23.5 Å². The molecule has 0 saturated heterocycles. The van der Waals surface area contributed by atoms with Crippen LogP contribution in [0.1, 0.15) is 31.1 Å². The lowest BCUT2D eigenvalue weighted by atomic mass is 10.1. The molecule has 0 aliphatic rings. The van der Waals surface area contributed by atoms with Gasteiger partial charge >= 0.3 is 5.97 Å². The van der Waals surface area contributed by atoms with Gasteiger partial charge in [-0.1, -0.05) is 13.8 Å². The molecular formula is C14H21FN2O2. The molecule has 1 aromatic rings. The number of anilines is 2. The van der Waals surface area contributed by atoms with Crippen molar-refractivity contribution in [1.29, 1.82) is 0 Å². The standard InChI is InChI=1S/C14H21FN2O2/c1-5-19-14(18)10-6-13(11(15)7-12(10)16)17(4)8-9(2)3/h6-7,9H,5,8,16H2,1-4H3. The molecule has 0 bridgehead atoms. The highest BCUT2D eigenvalue weighted by atomic mass is 19.1. The van der Waals surface area contributed by atoms with Crippen LogP contribution in [0.15, 0.2) is 12.1 Å². The fourth-order valence-electron chi connectivity index (χ4n) is 1.90. The average Bonchev–Trinajstić information content (AvgIpc) is 2.27. The number of hydrogen-bond acceptors (Lipinski definition) is 4. The number of halogens is 1. The van der Waals surface area contributed by atoms with Crippen molar-refractivity contribution >= 4 is 17.3 Å². The minimum absolute atomic E-state index is 0.0950. The summed E-state index contributed by atoms with van der Waals surface area (Å²) in [7, 11) is 1.78. The molecule has 0 aliphatic carbocycles. The van der Waals surface area contributed by atoms with E-state index < -0.39 is 11.8 Å². The van der Waals surface area contributed by atoms with Gasteiger partial charge in [-0.15, -0.1) is 0 Å². The zero-order valence-corrected chi connectivity index (χ0v) is 11.9. The minimum atomic E-state index is -0.529. The van der Waals surface area contributed by atoms with Crippen LogP contribution in [0.25, 0.3) is 0 Å². The molecule has 106 valence electrons. The predicted octanol–water partition coefficient (Wildman–Crippen LogP) is 2.68. The van der Waals surface area contributed by atoms with E-state index in [1.54, 1.807) is 18.9 Å². The minimum Gasteiger partial charge on any atom is -0.462 e. The molecule has 0 saturated carbocycles. The van der Waals surface area contributed by atoms with E-state index in [0.29, 0.717) is 18.2 Å². The Labute approximate surface area is 113 Å². The molecule has 0 fully saturated rings. The van der Waals surface area contributed by atoms with Gasteiger partial charge in [0.15, 0.2) is 0 Å². The van der Waals surface area contributed by atoms with Gasteiger partial charge < -0.3 is 15.4 Å². The molecule has 0 amide bonds. The third-order valence-electron chi connectivity index (χ3n) is 2.66. The van der Waals surface area contributed by atoms with Gasteiger partial charge in [0.25, 0.3) is 0 Å². The van der Waals surface area contributed by atoms with E-state index in [1.165, 1.54) is 12.1 Å². The molecule has 0 unspecified atom stereocenters. The first kappa shape index (κ1) is 15.3. The maximum Gasteiger partial charge on any atom is 0.340 e. The third kappa shape index (κ3) is 3.84. The van der Waals surface area contributed by atoms with Crippen molar-refractivity contribution in [2.75, 3.05) is 30.8 Å². The molecule has 0 heterocycles. The van der Waals surface area contributed by atoms with Gasteiger partial charge in [-0.3, -0.25) is 0 Å². The topological polar surface area (TPSA) is 55.6 Å². The second kappa shape index (κ2) is 6.41. The highest BCUT2D eigenvalue weighted by molar-refractivity contribution is 5.96. The maximum atomic E-state index is 13.9. The van der Waals surface area contributed by atoms with Crippen molar-refractivity contribution in [1.82, 2.24) is 0 Å². The molecule has 0 radical (unpaired) electrons. The molecule has 0 spiro atoms. The summed E-state index contributed by atoms with van der Waals surface area (Å²) in [5.74, 6) is -0.583. The van der Waals surface area contributed by atoms with E-state index in [4.69, 9.17) is 10.5 Å². The highest BCUT2D eigenvalue weighted by Gasteiger charge is 2.17. The van der Waals surface area contributed by atoms with Gasteiger partial charge in [0.05, 0.1) is 17.9 Å². The molecule has 4 nitrogen and oxygen atoms in total. The number of carbonyl (C=O) groups excluding carboxylic acids is 1. The summed E-state index contributed by atoms with van der Waals surface area (Å²) in [6.07, 6.45) is 0. The Hall–Kier alpha value is -1.78. The van der Waals surface area contributed by atoms with Crippen LogP contribution in [-0.2, 0) is 4.74 Å². The largest absolute Gasteiger partial charge is 0.462 e. The summed E-state index contributed by atoms with van der Waals surface area (Å²) in [5, 5.41) is 0. The zero-order chi connectivity index (χ0) is 14.6. The number of nitrogens with two attached hydrogens (primary N) is 1. The molecule has 1 rings (SSSR count). The Kier molecular flexibility index (Phi) is 5.15. The first-order valence-electron chi connectivity index (χ1n) is 6.34.